The molecule has 0 atom stereocenters. The van der Waals surface area contributed by atoms with Crippen molar-refractivity contribution < 1.29 is 8.83 Å². The summed E-state index contributed by atoms with van der Waals surface area (Å²) in [4.78, 5) is 19.9. The Morgan fingerprint density at radius 1 is 0.321 bits per heavy atom. The summed E-state index contributed by atoms with van der Waals surface area (Å²) in [6.45, 7) is 0. The Kier molecular flexibility index (Phi) is 7.38. The van der Waals surface area contributed by atoms with Gasteiger partial charge in [0.05, 0.1) is 0 Å². The van der Waals surface area contributed by atoms with Crippen LogP contribution < -0.4 is 0 Å². The van der Waals surface area contributed by atoms with Crippen LogP contribution in [0.2, 0.25) is 0 Å². The molecule has 0 aliphatic carbocycles. The van der Waals surface area contributed by atoms with Crippen LogP contribution in [0.15, 0.2) is 191 Å². The van der Waals surface area contributed by atoms with Crippen molar-refractivity contribution in [1.29, 1.82) is 0 Å². The minimum atomic E-state index is 0.599. The van der Waals surface area contributed by atoms with Crippen molar-refractivity contribution in [3.05, 3.63) is 182 Å². The molecule has 3 aromatic heterocycles. The van der Waals surface area contributed by atoms with Crippen LogP contribution in [-0.4, -0.2) is 19.9 Å². The Morgan fingerprint density at radius 2 is 0.839 bits per heavy atom. The highest BCUT2D eigenvalue weighted by Crippen LogP contribution is 2.39. The van der Waals surface area contributed by atoms with Gasteiger partial charge in [0.2, 0.25) is 5.89 Å². The molecule has 0 spiro atoms. The van der Waals surface area contributed by atoms with Gasteiger partial charge in [0.25, 0.3) is 0 Å². The Bertz CT molecular complexity index is 3220. The van der Waals surface area contributed by atoms with E-state index in [1.54, 1.807) is 0 Å². The van der Waals surface area contributed by atoms with Crippen LogP contribution in [0.25, 0.3) is 112 Å². The minimum Gasteiger partial charge on any atom is -0.456 e. The Labute approximate surface area is 321 Å². The zero-order valence-electron chi connectivity index (χ0n) is 29.9. The maximum absolute atomic E-state index is 6.46. The summed E-state index contributed by atoms with van der Waals surface area (Å²) < 4.78 is 12.6. The molecule has 8 aromatic carbocycles. The van der Waals surface area contributed by atoms with E-state index in [0.29, 0.717) is 23.4 Å². The van der Waals surface area contributed by atoms with Gasteiger partial charge in [0, 0.05) is 38.4 Å². The van der Waals surface area contributed by atoms with Crippen LogP contribution in [0, 0.1) is 0 Å². The molecule has 6 heteroatoms. The second kappa shape index (κ2) is 13.0. The molecule has 0 bridgehead atoms. The van der Waals surface area contributed by atoms with Gasteiger partial charge in [-0.15, -0.1) is 0 Å². The first-order valence-corrected chi connectivity index (χ1v) is 18.5. The molecule has 0 radical (unpaired) electrons. The van der Waals surface area contributed by atoms with E-state index in [1.807, 2.05) is 97.1 Å². The smallest absolute Gasteiger partial charge is 0.227 e. The monoisotopic (exact) mass is 718 g/mol. The third kappa shape index (κ3) is 5.43. The van der Waals surface area contributed by atoms with Gasteiger partial charge in [-0.3, -0.25) is 0 Å². The van der Waals surface area contributed by atoms with Gasteiger partial charge < -0.3 is 8.83 Å². The van der Waals surface area contributed by atoms with Crippen LogP contribution in [0.3, 0.4) is 0 Å². The number of fused-ring (bicyclic) bond motifs is 6. The molecular weight excluding hydrogens is 689 g/mol. The first kappa shape index (κ1) is 31.8. The molecule has 0 saturated carbocycles. The molecule has 6 nitrogen and oxygen atoms in total. The summed E-state index contributed by atoms with van der Waals surface area (Å²) in [5, 5.41) is 4.33. The molecule has 0 aliphatic rings. The lowest BCUT2D eigenvalue weighted by atomic mass is 9.96. The molecule has 0 unspecified atom stereocenters. The lowest BCUT2D eigenvalue weighted by molar-refractivity contribution is 0.623. The van der Waals surface area contributed by atoms with E-state index < -0.39 is 0 Å². The fourth-order valence-corrected chi connectivity index (χ4v) is 7.66. The number of benzene rings is 8. The molecule has 262 valence electrons. The molecule has 56 heavy (non-hydrogen) atoms. The fourth-order valence-electron chi connectivity index (χ4n) is 7.66. The molecule has 11 rings (SSSR count). The zero-order chi connectivity index (χ0) is 37.0. The SMILES string of the molecule is c1ccc(-c2nc(-c3ccc(-c4cccc5oc6ccccc6c45)cc3)nc(-c3ccc(-c4cccc5ccc6nc(-c7ccccc7)oc6c45)cc3)n2)cc1. The summed E-state index contributed by atoms with van der Waals surface area (Å²) in [7, 11) is 0. The first-order chi connectivity index (χ1) is 27.7. The normalized spacial score (nSPS) is 11.6. The van der Waals surface area contributed by atoms with Gasteiger partial charge in [0.1, 0.15) is 16.7 Å². The van der Waals surface area contributed by atoms with Crippen LogP contribution >= 0.6 is 0 Å². The van der Waals surface area contributed by atoms with Crippen LogP contribution in [0.1, 0.15) is 0 Å². The number of furan rings is 1. The lowest BCUT2D eigenvalue weighted by Crippen LogP contribution is -2.00. The van der Waals surface area contributed by atoms with Crippen molar-refractivity contribution in [2.45, 2.75) is 0 Å². The lowest BCUT2D eigenvalue weighted by Gasteiger charge is -2.11. The van der Waals surface area contributed by atoms with Crippen molar-refractivity contribution in [1.82, 2.24) is 19.9 Å². The highest BCUT2D eigenvalue weighted by atomic mass is 16.3. The number of hydrogen-bond acceptors (Lipinski definition) is 6. The average Bonchev–Trinajstić information content (AvgIpc) is 3.89. The van der Waals surface area contributed by atoms with Crippen molar-refractivity contribution in [3.63, 3.8) is 0 Å². The maximum Gasteiger partial charge on any atom is 0.227 e. The van der Waals surface area contributed by atoms with E-state index in [0.717, 1.165) is 88.3 Å². The van der Waals surface area contributed by atoms with Crippen LogP contribution in [0.5, 0.6) is 0 Å². The van der Waals surface area contributed by atoms with Crippen molar-refractivity contribution >= 4 is 43.8 Å². The summed E-state index contributed by atoms with van der Waals surface area (Å²) in [6, 6.07) is 61.8. The summed E-state index contributed by atoms with van der Waals surface area (Å²) >= 11 is 0. The average molecular weight is 719 g/mol. The summed E-state index contributed by atoms with van der Waals surface area (Å²) in [6.07, 6.45) is 0. The standard InChI is InChI=1S/C50H30N4O2/c1-3-11-34(12-4-1)47-52-48(54-49(53-47)36-27-23-32(24-28-36)39-18-10-20-43-45(39)40-16-7-8-19-42(40)55-43)35-25-21-31(22-26-35)38-17-9-15-33-29-30-41-46(44(33)38)56-50(51-41)37-13-5-2-6-14-37/h1-30H. The molecule has 3 heterocycles. The highest BCUT2D eigenvalue weighted by molar-refractivity contribution is 6.13. The van der Waals surface area contributed by atoms with E-state index in [2.05, 4.69) is 84.9 Å². The molecule has 0 fully saturated rings. The fraction of sp³-hybridized carbons (Fsp3) is 0. The van der Waals surface area contributed by atoms with Gasteiger partial charge in [-0.25, -0.2) is 19.9 Å². The Balaban J connectivity index is 0.983. The third-order valence-electron chi connectivity index (χ3n) is 10.4. The largest absolute Gasteiger partial charge is 0.456 e. The van der Waals surface area contributed by atoms with E-state index >= 15 is 0 Å². The van der Waals surface area contributed by atoms with Crippen LogP contribution in [-0.2, 0) is 0 Å². The predicted octanol–water partition coefficient (Wildman–Crippen LogP) is 13.1. The van der Waals surface area contributed by atoms with Gasteiger partial charge in [-0.2, -0.15) is 0 Å². The molecule has 0 saturated heterocycles. The predicted molar refractivity (Wildman–Crippen MR) is 225 cm³/mol. The number of oxazole rings is 1. The second-order valence-electron chi connectivity index (χ2n) is 13.8. The quantitative estimate of drug-likeness (QED) is 0.170. The number of rotatable bonds is 6. The Morgan fingerprint density at radius 3 is 1.50 bits per heavy atom. The third-order valence-corrected chi connectivity index (χ3v) is 10.4. The topological polar surface area (TPSA) is 77.8 Å². The molecule has 0 aliphatic heterocycles. The number of nitrogens with zero attached hydrogens (tertiary/aromatic N) is 4. The van der Waals surface area contributed by atoms with Crippen molar-refractivity contribution in [3.8, 4) is 67.9 Å². The van der Waals surface area contributed by atoms with E-state index in [4.69, 9.17) is 28.8 Å². The van der Waals surface area contributed by atoms with Crippen LogP contribution in [0.4, 0.5) is 0 Å². The number of hydrogen-bond donors (Lipinski definition) is 0. The van der Waals surface area contributed by atoms with E-state index in [1.165, 1.54) is 0 Å². The molecule has 0 amide bonds. The molecule has 11 aromatic rings. The molecular formula is C50H30N4O2. The number of para-hydroxylation sites is 1. The van der Waals surface area contributed by atoms with E-state index in [-0.39, 0.29) is 0 Å². The molecule has 0 N–H and O–H groups in total. The van der Waals surface area contributed by atoms with Crippen molar-refractivity contribution in [2.24, 2.45) is 0 Å². The van der Waals surface area contributed by atoms with Gasteiger partial charge in [-0.05, 0) is 58.0 Å². The zero-order valence-corrected chi connectivity index (χ0v) is 29.9. The number of aromatic nitrogens is 4. The first-order valence-electron chi connectivity index (χ1n) is 18.5. The van der Waals surface area contributed by atoms with Gasteiger partial charge in [-0.1, -0.05) is 152 Å². The second-order valence-corrected chi connectivity index (χ2v) is 13.8. The summed E-state index contributed by atoms with van der Waals surface area (Å²) in [5.41, 5.74) is 11.3. The highest BCUT2D eigenvalue weighted by Gasteiger charge is 2.17. The van der Waals surface area contributed by atoms with Gasteiger partial charge in [0.15, 0.2) is 23.1 Å². The Hall–Kier alpha value is -7.70. The minimum absolute atomic E-state index is 0.599. The maximum atomic E-state index is 6.46. The van der Waals surface area contributed by atoms with E-state index in [9.17, 15) is 0 Å². The summed E-state index contributed by atoms with van der Waals surface area (Å²) in [5.74, 6) is 2.43. The van der Waals surface area contributed by atoms with Crippen molar-refractivity contribution in [2.75, 3.05) is 0 Å². The van der Waals surface area contributed by atoms with Gasteiger partial charge >= 0.3 is 0 Å².